The van der Waals surface area contributed by atoms with Gasteiger partial charge in [0, 0.05) is 31.9 Å². The highest BCUT2D eigenvalue weighted by molar-refractivity contribution is 5.98. The number of nitrogens with one attached hydrogen (secondary N) is 3. The van der Waals surface area contributed by atoms with Gasteiger partial charge in [0.1, 0.15) is 22.9 Å². The van der Waals surface area contributed by atoms with Gasteiger partial charge >= 0.3 is 0 Å². The lowest BCUT2D eigenvalue weighted by Gasteiger charge is -2.15. The largest absolute Gasteiger partial charge is 0.497 e. The molecule has 0 saturated carbocycles. The third kappa shape index (κ3) is 6.98. The summed E-state index contributed by atoms with van der Waals surface area (Å²) in [4.78, 5) is 21.7. The lowest BCUT2D eigenvalue weighted by molar-refractivity contribution is 0.0951. The molecule has 0 radical (unpaired) electrons. The molecule has 1 aromatic carbocycles. The Balaban J connectivity index is 1.71. The van der Waals surface area contributed by atoms with Crippen molar-refractivity contribution < 1.29 is 19.4 Å². The summed E-state index contributed by atoms with van der Waals surface area (Å²) in [6.07, 6.45) is 6.64. The van der Waals surface area contributed by atoms with Gasteiger partial charge in [-0.1, -0.05) is 12.8 Å². The van der Waals surface area contributed by atoms with E-state index in [0.29, 0.717) is 41.9 Å². The average molecular weight is 444 g/mol. The van der Waals surface area contributed by atoms with Crippen molar-refractivity contribution in [2.24, 2.45) is 0 Å². The van der Waals surface area contributed by atoms with Gasteiger partial charge in [-0.3, -0.25) is 4.79 Å². The van der Waals surface area contributed by atoms with Crippen LogP contribution in [0.4, 0.5) is 11.8 Å². The van der Waals surface area contributed by atoms with E-state index in [9.17, 15) is 9.90 Å². The molecule has 1 aliphatic heterocycles. The molecule has 174 valence electrons. The zero-order valence-electron chi connectivity index (χ0n) is 18.8. The molecular weight excluding hydrogens is 410 g/mol. The SMILES string of the molecule is COc1cc(CNC(=O)c2cnc3nc2NCCCC(O)CCCCCN3)cc(OC)c1. The van der Waals surface area contributed by atoms with Gasteiger partial charge < -0.3 is 30.5 Å². The Kier molecular flexibility index (Phi) is 8.91. The number of rotatable bonds is 5. The quantitative estimate of drug-likeness (QED) is 0.557. The van der Waals surface area contributed by atoms with E-state index in [1.54, 1.807) is 26.5 Å². The number of aliphatic hydroxyl groups is 1. The summed E-state index contributed by atoms with van der Waals surface area (Å²) in [5.41, 5.74) is 1.23. The fourth-order valence-corrected chi connectivity index (χ4v) is 3.58. The Morgan fingerprint density at radius 2 is 1.78 bits per heavy atom. The predicted molar refractivity (Wildman–Crippen MR) is 123 cm³/mol. The van der Waals surface area contributed by atoms with E-state index < -0.39 is 0 Å². The van der Waals surface area contributed by atoms with Crippen LogP contribution in [0.15, 0.2) is 24.4 Å². The summed E-state index contributed by atoms with van der Waals surface area (Å²) in [6, 6.07) is 5.48. The number of hydrogen-bond donors (Lipinski definition) is 4. The number of anilines is 2. The van der Waals surface area contributed by atoms with E-state index in [1.807, 2.05) is 12.1 Å². The minimum Gasteiger partial charge on any atom is -0.497 e. The van der Waals surface area contributed by atoms with Crippen molar-refractivity contribution in [3.05, 3.63) is 35.5 Å². The number of aliphatic hydroxyl groups excluding tert-OH is 1. The smallest absolute Gasteiger partial charge is 0.256 e. The molecule has 0 fully saturated rings. The first-order valence-corrected chi connectivity index (χ1v) is 11.1. The Morgan fingerprint density at radius 1 is 1.06 bits per heavy atom. The van der Waals surface area contributed by atoms with E-state index in [2.05, 4.69) is 25.9 Å². The van der Waals surface area contributed by atoms with Gasteiger partial charge in [0.05, 0.1) is 20.3 Å². The number of carbonyl (C=O) groups excluding carboxylic acids is 1. The fraction of sp³-hybridized carbons (Fsp3) is 0.522. The normalized spacial score (nSPS) is 17.3. The van der Waals surface area contributed by atoms with Crippen LogP contribution in [-0.2, 0) is 6.54 Å². The Hall–Kier alpha value is -3.07. The van der Waals surface area contributed by atoms with Crippen molar-refractivity contribution in [1.29, 1.82) is 0 Å². The van der Waals surface area contributed by atoms with Crippen LogP contribution in [0.5, 0.6) is 11.5 Å². The Bertz CT molecular complexity index is 870. The molecule has 0 spiro atoms. The first-order valence-electron chi connectivity index (χ1n) is 11.1. The van der Waals surface area contributed by atoms with Crippen molar-refractivity contribution in [3.63, 3.8) is 0 Å². The topological polar surface area (TPSA) is 118 Å². The number of carbonyl (C=O) groups is 1. The van der Waals surface area contributed by atoms with Gasteiger partial charge in [0.15, 0.2) is 0 Å². The molecule has 2 heterocycles. The minimum absolute atomic E-state index is 0.276. The van der Waals surface area contributed by atoms with E-state index in [0.717, 1.165) is 50.6 Å². The second-order valence-electron chi connectivity index (χ2n) is 7.86. The molecule has 1 amide bonds. The molecule has 1 aliphatic rings. The molecule has 2 bridgehead atoms. The van der Waals surface area contributed by atoms with Crippen molar-refractivity contribution in [3.8, 4) is 11.5 Å². The number of nitrogens with zero attached hydrogens (tertiary/aromatic N) is 2. The van der Waals surface area contributed by atoms with Crippen LogP contribution in [0.3, 0.4) is 0 Å². The monoisotopic (exact) mass is 443 g/mol. The maximum atomic E-state index is 12.9. The van der Waals surface area contributed by atoms with E-state index >= 15 is 0 Å². The van der Waals surface area contributed by atoms with Gasteiger partial charge in [-0.15, -0.1) is 0 Å². The first-order chi connectivity index (χ1) is 15.6. The van der Waals surface area contributed by atoms with Crippen LogP contribution in [0, 0.1) is 0 Å². The molecule has 2 aromatic rings. The molecule has 3 rings (SSSR count). The van der Waals surface area contributed by atoms with Gasteiger partial charge in [0.2, 0.25) is 5.95 Å². The standard InChI is InChI=1S/C23H33N5O4/c1-31-18-11-16(12-19(13-18)32-2)14-26-22(30)20-15-27-23-25-9-5-3-4-7-17(29)8-6-10-24-21(20)28-23/h11-13,15,17,29H,3-10,14H2,1-2H3,(H,26,30)(H2,24,25,27,28). The highest BCUT2D eigenvalue weighted by Gasteiger charge is 2.16. The maximum Gasteiger partial charge on any atom is 0.256 e. The van der Waals surface area contributed by atoms with Crippen molar-refractivity contribution in [2.75, 3.05) is 37.9 Å². The summed E-state index contributed by atoms with van der Waals surface area (Å²) in [7, 11) is 3.17. The van der Waals surface area contributed by atoms with Crippen LogP contribution in [0.1, 0.15) is 54.4 Å². The third-order valence-electron chi connectivity index (χ3n) is 5.40. The van der Waals surface area contributed by atoms with Crippen molar-refractivity contribution in [2.45, 2.75) is 51.2 Å². The molecule has 9 heteroatoms. The lowest BCUT2D eigenvalue weighted by atomic mass is 10.1. The summed E-state index contributed by atoms with van der Waals surface area (Å²) in [6.45, 7) is 1.66. The summed E-state index contributed by atoms with van der Waals surface area (Å²) < 4.78 is 10.6. The molecule has 9 nitrogen and oxygen atoms in total. The Morgan fingerprint density at radius 3 is 2.53 bits per heavy atom. The number of ether oxygens (including phenoxy) is 2. The molecular formula is C23H33N5O4. The van der Waals surface area contributed by atoms with Crippen molar-refractivity contribution in [1.82, 2.24) is 15.3 Å². The van der Waals surface area contributed by atoms with Crippen LogP contribution in [0.2, 0.25) is 0 Å². The molecule has 32 heavy (non-hydrogen) atoms. The minimum atomic E-state index is -0.281. The zero-order valence-corrected chi connectivity index (χ0v) is 18.8. The lowest BCUT2D eigenvalue weighted by Crippen LogP contribution is -2.25. The number of benzene rings is 1. The molecule has 1 unspecified atom stereocenters. The number of amides is 1. The number of methoxy groups -OCH3 is 2. The third-order valence-corrected chi connectivity index (χ3v) is 5.40. The van der Waals surface area contributed by atoms with E-state index in [1.165, 1.54) is 0 Å². The van der Waals surface area contributed by atoms with E-state index in [4.69, 9.17) is 9.47 Å². The summed E-state index contributed by atoms with van der Waals surface area (Å²) in [5.74, 6) is 2.02. The molecule has 0 saturated heterocycles. The maximum absolute atomic E-state index is 12.9. The summed E-state index contributed by atoms with van der Waals surface area (Å²) >= 11 is 0. The number of fused-ring (bicyclic) bond motifs is 2. The van der Waals surface area contributed by atoms with Crippen LogP contribution < -0.4 is 25.4 Å². The molecule has 1 atom stereocenters. The fourth-order valence-electron chi connectivity index (χ4n) is 3.58. The van der Waals surface area contributed by atoms with E-state index in [-0.39, 0.29) is 12.0 Å². The van der Waals surface area contributed by atoms with Crippen LogP contribution in [0.25, 0.3) is 0 Å². The zero-order chi connectivity index (χ0) is 22.8. The molecule has 0 aliphatic carbocycles. The van der Waals surface area contributed by atoms with Crippen LogP contribution >= 0.6 is 0 Å². The first kappa shape index (κ1) is 23.6. The second-order valence-corrected chi connectivity index (χ2v) is 7.86. The van der Waals surface area contributed by atoms with Gasteiger partial charge in [-0.05, 0) is 43.4 Å². The molecule has 1 aromatic heterocycles. The van der Waals surface area contributed by atoms with Gasteiger partial charge in [0.25, 0.3) is 5.91 Å². The van der Waals surface area contributed by atoms with Gasteiger partial charge in [-0.25, -0.2) is 4.98 Å². The average Bonchev–Trinajstić information content (AvgIpc) is 2.81. The highest BCUT2D eigenvalue weighted by Crippen LogP contribution is 2.23. The number of hydrogen-bond acceptors (Lipinski definition) is 8. The predicted octanol–water partition coefficient (Wildman–Crippen LogP) is 2.96. The van der Waals surface area contributed by atoms with Gasteiger partial charge in [-0.2, -0.15) is 4.98 Å². The summed E-state index contributed by atoms with van der Waals surface area (Å²) in [5, 5.41) is 19.5. The molecule has 4 N–H and O–H groups in total. The van der Waals surface area contributed by atoms with Crippen molar-refractivity contribution >= 4 is 17.7 Å². The highest BCUT2D eigenvalue weighted by atomic mass is 16.5. The second kappa shape index (κ2) is 12.1. The van der Waals surface area contributed by atoms with Crippen LogP contribution in [-0.4, -0.2) is 54.4 Å². The number of aromatic nitrogens is 2. The Labute approximate surface area is 188 Å².